The van der Waals surface area contributed by atoms with Crippen molar-refractivity contribution in [1.29, 1.82) is 0 Å². The minimum Gasteiger partial charge on any atom is -0.381 e. The van der Waals surface area contributed by atoms with Crippen LogP contribution in [0.5, 0.6) is 0 Å². The SMILES string of the molecule is CSc1ccc(CN2CCC(n3nccc3NC(=O)[C@H]3CCOC3)CC2)cc1. The molecule has 6 nitrogen and oxygen atoms in total. The number of anilines is 1. The minimum absolute atomic E-state index is 0.0392. The zero-order chi connectivity index (χ0) is 19.3. The van der Waals surface area contributed by atoms with Gasteiger partial charge in [-0.2, -0.15) is 5.10 Å². The van der Waals surface area contributed by atoms with Gasteiger partial charge in [0.15, 0.2) is 0 Å². The smallest absolute Gasteiger partial charge is 0.231 e. The predicted octanol–water partition coefficient (Wildman–Crippen LogP) is 3.42. The summed E-state index contributed by atoms with van der Waals surface area (Å²) in [5.41, 5.74) is 1.36. The van der Waals surface area contributed by atoms with Crippen molar-refractivity contribution in [3.8, 4) is 0 Å². The van der Waals surface area contributed by atoms with E-state index in [1.54, 1.807) is 18.0 Å². The van der Waals surface area contributed by atoms with Crippen LogP contribution in [0.25, 0.3) is 0 Å². The van der Waals surface area contributed by atoms with Crippen LogP contribution in [0, 0.1) is 5.92 Å². The van der Waals surface area contributed by atoms with E-state index in [1.165, 1.54) is 10.5 Å². The Labute approximate surface area is 170 Å². The molecule has 1 aromatic carbocycles. The lowest BCUT2D eigenvalue weighted by Gasteiger charge is -2.32. The average molecular weight is 401 g/mol. The third kappa shape index (κ3) is 4.59. The molecule has 0 saturated carbocycles. The van der Waals surface area contributed by atoms with E-state index in [2.05, 4.69) is 45.8 Å². The molecule has 2 aliphatic heterocycles. The van der Waals surface area contributed by atoms with Gasteiger partial charge in [0, 0.05) is 37.2 Å². The van der Waals surface area contributed by atoms with Crippen LogP contribution in [0.15, 0.2) is 41.4 Å². The number of ether oxygens (including phenoxy) is 1. The molecule has 2 saturated heterocycles. The second-order valence-electron chi connectivity index (χ2n) is 7.57. The molecule has 0 radical (unpaired) electrons. The number of carbonyl (C=O) groups is 1. The molecule has 28 heavy (non-hydrogen) atoms. The summed E-state index contributed by atoms with van der Waals surface area (Å²) in [6.45, 7) is 4.27. The standard InChI is InChI=1S/C21H28N4O2S/c1-28-19-4-2-16(3-5-19)14-24-11-7-18(8-12-24)25-20(6-10-22-25)23-21(26)17-9-13-27-15-17/h2-6,10,17-18H,7-9,11-15H2,1H3,(H,23,26)/t17-/m0/s1. The zero-order valence-electron chi connectivity index (χ0n) is 16.3. The van der Waals surface area contributed by atoms with Crippen molar-refractivity contribution in [2.75, 3.05) is 37.9 Å². The van der Waals surface area contributed by atoms with E-state index in [9.17, 15) is 4.79 Å². The number of hydrogen-bond donors (Lipinski definition) is 1. The van der Waals surface area contributed by atoms with Gasteiger partial charge in [-0.25, -0.2) is 4.68 Å². The normalized spacial score (nSPS) is 21.1. The second-order valence-corrected chi connectivity index (χ2v) is 8.45. The molecule has 1 N–H and O–H groups in total. The Morgan fingerprint density at radius 3 is 2.68 bits per heavy atom. The van der Waals surface area contributed by atoms with E-state index in [4.69, 9.17) is 4.74 Å². The van der Waals surface area contributed by atoms with E-state index >= 15 is 0 Å². The molecule has 0 spiro atoms. The Morgan fingerprint density at radius 1 is 1.21 bits per heavy atom. The first kappa shape index (κ1) is 19.5. The number of nitrogens with one attached hydrogen (secondary N) is 1. The number of amides is 1. The number of aromatic nitrogens is 2. The highest BCUT2D eigenvalue weighted by molar-refractivity contribution is 7.98. The molecular formula is C21H28N4O2S. The first-order valence-corrected chi connectivity index (χ1v) is 11.2. The Kier molecular flexibility index (Phi) is 6.34. The van der Waals surface area contributed by atoms with E-state index < -0.39 is 0 Å². The molecule has 2 aliphatic rings. The molecule has 1 aromatic heterocycles. The van der Waals surface area contributed by atoms with Crippen LogP contribution >= 0.6 is 11.8 Å². The maximum absolute atomic E-state index is 12.4. The number of nitrogens with zero attached hydrogens (tertiary/aromatic N) is 3. The molecule has 0 bridgehead atoms. The first-order chi connectivity index (χ1) is 13.7. The predicted molar refractivity (Wildman–Crippen MR) is 112 cm³/mol. The molecular weight excluding hydrogens is 372 g/mol. The van der Waals surface area contributed by atoms with Gasteiger partial charge in [0.25, 0.3) is 0 Å². The fourth-order valence-electron chi connectivity index (χ4n) is 3.98. The Morgan fingerprint density at radius 2 is 2.00 bits per heavy atom. The molecule has 2 aromatic rings. The van der Waals surface area contributed by atoms with E-state index in [0.717, 1.165) is 44.7 Å². The van der Waals surface area contributed by atoms with Gasteiger partial charge >= 0.3 is 0 Å². The van der Waals surface area contributed by atoms with Gasteiger partial charge in [-0.05, 0) is 43.2 Å². The second kappa shape index (κ2) is 9.11. The summed E-state index contributed by atoms with van der Waals surface area (Å²) < 4.78 is 7.33. The molecule has 150 valence electrons. The molecule has 3 heterocycles. The Bertz CT molecular complexity index is 778. The number of benzene rings is 1. The molecule has 4 rings (SSSR count). The van der Waals surface area contributed by atoms with Gasteiger partial charge in [0.05, 0.1) is 24.8 Å². The van der Waals surface area contributed by atoms with Gasteiger partial charge in [-0.3, -0.25) is 9.69 Å². The lowest BCUT2D eigenvalue weighted by molar-refractivity contribution is -0.119. The van der Waals surface area contributed by atoms with Crippen molar-refractivity contribution in [3.63, 3.8) is 0 Å². The van der Waals surface area contributed by atoms with Crippen molar-refractivity contribution in [3.05, 3.63) is 42.1 Å². The first-order valence-electron chi connectivity index (χ1n) is 10.0. The summed E-state index contributed by atoms with van der Waals surface area (Å²) in [4.78, 5) is 16.2. The number of thioether (sulfide) groups is 1. The van der Waals surface area contributed by atoms with E-state index in [1.807, 2.05) is 10.7 Å². The van der Waals surface area contributed by atoms with Crippen molar-refractivity contribution in [2.24, 2.45) is 5.92 Å². The average Bonchev–Trinajstić information content (AvgIpc) is 3.41. The summed E-state index contributed by atoms with van der Waals surface area (Å²) in [7, 11) is 0. The van der Waals surface area contributed by atoms with Gasteiger partial charge in [-0.1, -0.05) is 12.1 Å². The fraction of sp³-hybridized carbons (Fsp3) is 0.524. The highest BCUT2D eigenvalue weighted by Crippen LogP contribution is 2.27. The molecule has 7 heteroatoms. The third-order valence-electron chi connectivity index (χ3n) is 5.69. The van der Waals surface area contributed by atoms with Crippen molar-refractivity contribution in [1.82, 2.24) is 14.7 Å². The zero-order valence-corrected chi connectivity index (χ0v) is 17.2. The van der Waals surface area contributed by atoms with Crippen LogP contribution < -0.4 is 5.32 Å². The van der Waals surface area contributed by atoms with Crippen LogP contribution in [0.3, 0.4) is 0 Å². The van der Waals surface area contributed by atoms with Crippen LogP contribution in [-0.4, -0.2) is 53.1 Å². The molecule has 0 unspecified atom stereocenters. The Balaban J connectivity index is 1.31. The maximum Gasteiger partial charge on any atom is 0.231 e. The number of hydrogen-bond acceptors (Lipinski definition) is 5. The maximum atomic E-state index is 12.4. The van der Waals surface area contributed by atoms with Crippen LogP contribution in [-0.2, 0) is 16.1 Å². The molecule has 0 aliphatic carbocycles. The number of likely N-dealkylation sites (tertiary alicyclic amines) is 1. The number of piperidine rings is 1. The third-order valence-corrected chi connectivity index (χ3v) is 6.43. The molecule has 2 fully saturated rings. The van der Waals surface area contributed by atoms with Gasteiger partial charge in [0.2, 0.25) is 5.91 Å². The largest absolute Gasteiger partial charge is 0.381 e. The van der Waals surface area contributed by atoms with Gasteiger partial charge in [0.1, 0.15) is 5.82 Å². The number of carbonyl (C=O) groups excluding carboxylic acids is 1. The van der Waals surface area contributed by atoms with Crippen LogP contribution in [0.4, 0.5) is 5.82 Å². The van der Waals surface area contributed by atoms with Crippen molar-refractivity contribution >= 4 is 23.5 Å². The van der Waals surface area contributed by atoms with Crippen LogP contribution in [0.1, 0.15) is 30.9 Å². The summed E-state index contributed by atoms with van der Waals surface area (Å²) in [5, 5.41) is 7.56. The Hall–Kier alpha value is -1.83. The van der Waals surface area contributed by atoms with Crippen molar-refractivity contribution < 1.29 is 9.53 Å². The highest BCUT2D eigenvalue weighted by atomic mass is 32.2. The summed E-state index contributed by atoms with van der Waals surface area (Å²) in [6.07, 6.45) is 6.77. The summed E-state index contributed by atoms with van der Waals surface area (Å²) in [5.74, 6) is 0.816. The quantitative estimate of drug-likeness (QED) is 0.753. The highest BCUT2D eigenvalue weighted by Gasteiger charge is 2.26. The van der Waals surface area contributed by atoms with Gasteiger partial charge in [-0.15, -0.1) is 11.8 Å². The summed E-state index contributed by atoms with van der Waals surface area (Å²) >= 11 is 1.78. The molecule has 1 atom stereocenters. The monoisotopic (exact) mass is 400 g/mol. The van der Waals surface area contributed by atoms with E-state index in [0.29, 0.717) is 19.3 Å². The fourth-order valence-corrected chi connectivity index (χ4v) is 4.39. The number of rotatable bonds is 6. The van der Waals surface area contributed by atoms with Crippen LogP contribution in [0.2, 0.25) is 0 Å². The lowest BCUT2D eigenvalue weighted by Crippen LogP contribution is -2.35. The molecule has 1 amide bonds. The van der Waals surface area contributed by atoms with E-state index in [-0.39, 0.29) is 11.8 Å². The lowest BCUT2D eigenvalue weighted by atomic mass is 10.0. The topological polar surface area (TPSA) is 59.4 Å². The van der Waals surface area contributed by atoms with Crippen molar-refractivity contribution in [2.45, 2.75) is 36.7 Å². The minimum atomic E-state index is -0.0392. The van der Waals surface area contributed by atoms with Gasteiger partial charge < -0.3 is 10.1 Å². The summed E-state index contributed by atoms with van der Waals surface area (Å²) in [6, 6.07) is 11.1.